The summed E-state index contributed by atoms with van der Waals surface area (Å²) < 4.78 is 25.6. The third-order valence-electron chi connectivity index (χ3n) is 5.83. The lowest BCUT2D eigenvalue weighted by Crippen LogP contribution is -2.30. The zero-order chi connectivity index (χ0) is 27.2. The molecule has 0 spiro atoms. The summed E-state index contributed by atoms with van der Waals surface area (Å²) in [5.74, 6) is -0.247. The smallest absolute Gasteiger partial charge is 0.329 e. The van der Waals surface area contributed by atoms with Gasteiger partial charge in [-0.25, -0.2) is 9.18 Å². The van der Waals surface area contributed by atoms with Crippen molar-refractivity contribution in [3.8, 4) is 11.5 Å². The number of hydrogen-bond acceptors (Lipinski definition) is 6. The maximum Gasteiger partial charge on any atom is 0.329 e. The van der Waals surface area contributed by atoms with Crippen LogP contribution in [0.25, 0.3) is 6.08 Å². The van der Waals surface area contributed by atoms with E-state index in [1.54, 1.807) is 36.4 Å². The number of rotatable bonds is 10. The molecule has 3 aromatic rings. The monoisotopic (exact) mass is 517 g/mol. The van der Waals surface area contributed by atoms with Crippen LogP contribution in [0.5, 0.6) is 11.5 Å². The van der Waals surface area contributed by atoms with E-state index in [4.69, 9.17) is 9.47 Å². The fourth-order valence-electron chi connectivity index (χ4n) is 3.94. The first-order valence-corrected chi connectivity index (χ1v) is 11.6. The van der Waals surface area contributed by atoms with E-state index >= 15 is 0 Å². The van der Waals surface area contributed by atoms with Crippen molar-refractivity contribution < 1.29 is 28.4 Å². The molecule has 1 aliphatic heterocycles. The molecule has 0 aliphatic carbocycles. The Morgan fingerprint density at radius 2 is 1.84 bits per heavy atom. The molecule has 0 atom stereocenters. The maximum absolute atomic E-state index is 14.1. The first-order valence-electron chi connectivity index (χ1n) is 11.6. The van der Waals surface area contributed by atoms with Crippen molar-refractivity contribution >= 4 is 23.7 Å². The molecule has 1 saturated heterocycles. The van der Waals surface area contributed by atoms with Crippen molar-refractivity contribution in [2.24, 2.45) is 0 Å². The number of hydrogen-bond donors (Lipinski definition) is 1. The van der Waals surface area contributed by atoms with E-state index in [1.807, 2.05) is 0 Å². The summed E-state index contributed by atoms with van der Waals surface area (Å²) in [6.07, 6.45) is 3.61. The second-order valence-electron chi connectivity index (χ2n) is 8.39. The molecule has 4 rings (SSSR count). The molecule has 0 unspecified atom stereocenters. The average molecular weight is 518 g/mol. The first kappa shape index (κ1) is 26.1. The van der Waals surface area contributed by atoms with Crippen molar-refractivity contribution in [2.45, 2.75) is 19.6 Å². The van der Waals surface area contributed by atoms with Gasteiger partial charge in [-0.1, -0.05) is 24.3 Å². The van der Waals surface area contributed by atoms with Gasteiger partial charge in [0, 0.05) is 23.3 Å². The van der Waals surface area contributed by atoms with Crippen LogP contribution in [0.3, 0.4) is 0 Å². The highest BCUT2D eigenvalue weighted by Gasteiger charge is 2.34. The topological polar surface area (TPSA) is 111 Å². The van der Waals surface area contributed by atoms with Crippen LogP contribution in [0.15, 0.2) is 79.0 Å². The minimum atomic E-state index is -0.647. The highest BCUT2D eigenvalue weighted by Crippen LogP contribution is 2.35. The Morgan fingerprint density at radius 3 is 2.50 bits per heavy atom. The number of methoxy groups -OCH3 is 1. The summed E-state index contributed by atoms with van der Waals surface area (Å²) in [5, 5.41) is 13.4. The van der Waals surface area contributed by atoms with Gasteiger partial charge in [-0.15, -0.1) is 6.58 Å². The summed E-state index contributed by atoms with van der Waals surface area (Å²) in [7, 11) is 1.47. The second kappa shape index (κ2) is 11.4. The normalized spacial score (nSPS) is 13.9. The van der Waals surface area contributed by atoms with Gasteiger partial charge in [0.25, 0.3) is 11.6 Å². The molecular formula is C28H24FN3O6. The molecular weight excluding hydrogens is 493 g/mol. The van der Waals surface area contributed by atoms with Crippen LogP contribution in [0.4, 0.5) is 14.9 Å². The molecule has 0 aromatic heterocycles. The maximum atomic E-state index is 14.1. The fraction of sp³-hybridized carbons (Fsp3) is 0.143. The molecule has 3 amide bonds. The molecule has 0 bridgehead atoms. The van der Waals surface area contributed by atoms with Crippen LogP contribution in [0.2, 0.25) is 0 Å². The van der Waals surface area contributed by atoms with Crippen LogP contribution >= 0.6 is 0 Å². The van der Waals surface area contributed by atoms with Gasteiger partial charge < -0.3 is 14.8 Å². The summed E-state index contributed by atoms with van der Waals surface area (Å²) in [6.45, 7) is 3.72. The first-order chi connectivity index (χ1) is 18.3. The number of nitrogens with one attached hydrogen (secondary N) is 1. The highest BCUT2D eigenvalue weighted by atomic mass is 19.1. The van der Waals surface area contributed by atoms with E-state index in [-0.39, 0.29) is 30.1 Å². The molecule has 1 N–H and O–H groups in total. The lowest BCUT2D eigenvalue weighted by molar-refractivity contribution is -0.384. The molecule has 1 heterocycles. The Hall–Kier alpha value is -4.99. The third kappa shape index (κ3) is 5.70. The zero-order valence-corrected chi connectivity index (χ0v) is 20.5. The number of nitrogens with zero attached hydrogens (tertiary/aromatic N) is 2. The lowest BCUT2D eigenvalue weighted by atomic mass is 10.0. The van der Waals surface area contributed by atoms with E-state index in [1.165, 1.54) is 43.5 Å². The number of allylic oxidation sites excluding steroid dienone is 1. The van der Waals surface area contributed by atoms with Crippen LogP contribution in [0, 0.1) is 15.9 Å². The molecule has 38 heavy (non-hydrogen) atoms. The molecule has 1 fully saturated rings. The Morgan fingerprint density at radius 1 is 1.11 bits per heavy atom. The number of non-ortho nitro benzene ring substituents is 1. The van der Waals surface area contributed by atoms with E-state index < -0.39 is 22.7 Å². The van der Waals surface area contributed by atoms with Gasteiger partial charge in [-0.2, -0.15) is 0 Å². The number of imide groups is 1. The van der Waals surface area contributed by atoms with Gasteiger partial charge in [0.2, 0.25) is 0 Å². The fourth-order valence-corrected chi connectivity index (χ4v) is 3.94. The number of ether oxygens (including phenoxy) is 2. The summed E-state index contributed by atoms with van der Waals surface area (Å²) in [6, 6.07) is 14.8. The molecule has 0 radical (unpaired) electrons. The van der Waals surface area contributed by atoms with Crippen LogP contribution < -0.4 is 14.8 Å². The largest absolute Gasteiger partial charge is 0.493 e. The van der Waals surface area contributed by atoms with Gasteiger partial charge >= 0.3 is 6.03 Å². The van der Waals surface area contributed by atoms with Crippen molar-refractivity contribution in [2.75, 3.05) is 7.11 Å². The molecule has 3 aromatic carbocycles. The van der Waals surface area contributed by atoms with Crippen molar-refractivity contribution in [3.63, 3.8) is 0 Å². The number of halogens is 1. The van der Waals surface area contributed by atoms with Crippen LogP contribution in [0.1, 0.15) is 22.3 Å². The number of carbonyl (C=O) groups excluding carboxylic acids is 2. The third-order valence-corrected chi connectivity index (χ3v) is 5.83. The minimum absolute atomic E-state index is 0.0166. The Labute approximate surface area is 217 Å². The highest BCUT2D eigenvalue weighted by molar-refractivity contribution is 6.13. The number of urea groups is 1. The average Bonchev–Trinajstić information content (AvgIpc) is 3.16. The Kier molecular flexibility index (Phi) is 7.81. The number of nitro benzene ring substituents is 1. The molecule has 194 valence electrons. The number of benzene rings is 3. The Balaban J connectivity index is 1.58. The van der Waals surface area contributed by atoms with E-state index in [0.717, 1.165) is 10.5 Å². The SMILES string of the molecule is C=CCc1cc(/C=C2/NC(=O)N(Cc3ccccc3F)C2=O)cc(OC)c1OCc1ccc([N+](=O)[O-])cc1. The lowest BCUT2D eigenvalue weighted by Gasteiger charge is -2.16. The molecule has 0 saturated carbocycles. The van der Waals surface area contributed by atoms with E-state index in [9.17, 15) is 24.1 Å². The molecule has 9 nitrogen and oxygen atoms in total. The summed E-state index contributed by atoms with van der Waals surface area (Å²) in [4.78, 5) is 36.7. The quantitative estimate of drug-likeness (QED) is 0.131. The van der Waals surface area contributed by atoms with Crippen molar-refractivity contribution in [1.82, 2.24) is 10.2 Å². The number of nitro groups is 1. The number of carbonyl (C=O) groups is 2. The predicted molar refractivity (Wildman–Crippen MR) is 138 cm³/mol. The minimum Gasteiger partial charge on any atom is -0.493 e. The molecule has 10 heteroatoms. The second-order valence-corrected chi connectivity index (χ2v) is 8.39. The molecule has 1 aliphatic rings. The number of amides is 3. The van der Waals surface area contributed by atoms with Crippen molar-refractivity contribution in [3.05, 3.63) is 117 Å². The van der Waals surface area contributed by atoms with Crippen molar-refractivity contribution in [1.29, 1.82) is 0 Å². The van der Waals surface area contributed by atoms with Gasteiger partial charge in [-0.05, 0) is 54.0 Å². The van der Waals surface area contributed by atoms with Crippen LogP contribution in [-0.4, -0.2) is 28.9 Å². The van der Waals surface area contributed by atoms with Gasteiger partial charge in [0.1, 0.15) is 18.1 Å². The van der Waals surface area contributed by atoms with E-state index in [0.29, 0.717) is 29.0 Å². The van der Waals surface area contributed by atoms with Crippen LogP contribution in [-0.2, 0) is 24.4 Å². The Bertz CT molecular complexity index is 1440. The predicted octanol–water partition coefficient (Wildman–Crippen LogP) is 5.14. The summed E-state index contributed by atoms with van der Waals surface area (Å²) >= 11 is 0. The van der Waals surface area contributed by atoms with Gasteiger partial charge in [-0.3, -0.25) is 19.8 Å². The summed E-state index contributed by atoms with van der Waals surface area (Å²) in [5.41, 5.74) is 2.25. The van der Waals surface area contributed by atoms with Gasteiger partial charge in [0.15, 0.2) is 11.5 Å². The van der Waals surface area contributed by atoms with Gasteiger partial charge in [0.05, 0.1) is 18.6 Å². The van der Waals surface area contributed by atoms with E-state index in [2.05, 4.69) is 11.9 Å². The zero-order valence-electron chi connectivity index (χ0n) is 20.5. The standard InChI is InChI=1S/C28H24FN3O6/c1-3-6-20-13-19(14-24-27(33)31(28(34)30-24)16-21-7-4-5-8-23(21)29)15-25(37-2)26(20)38-17-18-9-11-22(12-10-18)32(35)36/h3-5,7-15H,1,6,16-17H2,2H3,(H,30,34)/b24-14+.